The van der Waals surface area contributed by atoms with Gasteiger partial charge in [0.2, 0.25) is 5.91 Å². The maximum Gasteiger partial charge on any atom is 0.408 e. The number of hydrogen-bond donors (Lipinski definition) is 3. The van der Waals surface area contributed by atoms with E-state index >= 15 is 0 Å². The van der Waals surface area contributed by atoms with E-state index in [0.717, 1.165) is 32.1 Å². The lowest BCUT2D eigenvalue weighted by Crippen LogP contribution is -2.42. The maximum atomic E-state index is 12.9. The fourth-order valence-electron chi connectivity index (χ4n) is 4.08. The number of ether oxygens (including phenoxy) is 1. The van der Waals surface area contributed by atoms with Gasteiger partial charge in [-0.25, -0.2) is 4.79 Å². The number of nitrogens with zero attached hydrogens (tertiary/aromatic N) is 1. The van der Waals surface area contributed by atoms with Crippen molar-refractivity contribution >= 4 is 29.7 Å². The first kappa shape index (κ1) is 25.2. The molecule has 3 rings (SSSR count). The third-order valence-corrected chi connectivity index (χ3v) is 5.64. The Kier molecular flexibility index (Phi) is 7.90. The van der Waals surface area contributed by atoms with Gasteiger partial charge in [-0.05, 0) is 51.8 Å². The van der Waals surface area contributed by atoms with Gasteiger partial charge in [0.25, 0.3) is 17.7 Å². The highest BCUT2D eigenvalue weighted by molar-refractivity contribution is 6.22. The van der Waals surface area contributed by atoms with Crippen LogP contribution in [0.3, 0.4) is 0 Å². The third-order valence-electron chi connectivity index (χ3n) is 5.64. The van der Waals surface area contributed by atoms with Crippen LogP contribution in [-0.2, 0) is 9.53 Å². The first-order chi connectivity index (χ1) is 16.1. The molecule has 5 amide bonds. The van der Waals surface area contributed by atoms with E-state index < -0.39 is 23.5 Å². The summed E-state index contributed by atoms with van der Waals surface area (Å²) in [6.45, 7) is 5.21. The minimum Gasteiger partial charge on any atom is -0.444 e. The van der Waals surface area contributed by atoms with Crippen molar-refractivity contribution in [3.8, 4) is 0 Å². The van der Waals surface area contributed by atoms with E-state index in [1.807, 2.05) is 0 Å². The van der Waals surface area contributed by atoms with Gasteiger partial charge in [0.15, 0.2) is 0 Å². The second-order valence-electron chi connectivity index (χ2n) is 9.49. The Balaban J connectivity index is 1.46. The standard InChI is InChI=1S/C24H32N4O6/c1-24(2,3)34-23(33)27-14-19(29)25-11-12-26-20(30)15-9-10-17-18(13-15)22(32)28(21(17)31)16-7-5-4-6-8-16/h9-10,13,16H,4-8,11-12,14H2,1-3H3,(H,25,29)(H,26,30)(H,27,33). The van der Waals surface area contributed by atoms with Crippen molar-refractivity contribution in [2.45, 2.75) is 64.5 Å². The van der Waals surface area contributed by atoms with Crippen molar-refractivity contribution in [1.29, 1.82) is 0 Å². The van der Waals surface area contributed by atoms with Crippen molar-refractivity contribution < 1.29 is 28.7 Å². The summed E-state index contributed by atoms with van der Waals surface area (Å²) in [5.41, 5.74) is 0.194. The molecule has 1 aliphatic heterocycles. The van der Waals surface area contributed by atoms with Crippen LogP contribution in [0.4, 0.5) is 4.79 Å². The van der Waals surface area contributed by atoms with E-state index in [1.165, 1.54) is 23.1 Å². The van der Waals surface area contributed by atoms with Gasteiger partial charge in [-0.3, -0.25) is 24.1 Å². The number of amides is 5. The minimum absolute atomic E-state index is 0.0770. The number of fused-ring (bicyclic) bond motifs is 1. The van der Waals surface area contributed by atoms with Gasteiger partial charge in [0.1, 0.15) is 5.60 Å². The lowest BCUT2D eigenvalue weighted by Gasteiger charge is -2.29. The summed E-state index contributed by atoms with van der Waals surface area (Å²) >= 11 is 0. The molecule has 1 saturated carbocycles. The van der Waals surface area contributed by atoms with Gasteiger partial charge < -0.3 is 20.7 Å². The molecule has 0 unspecified atom stereocenters. The first-order valence-electron chi connectivity index (χ1n) is 11.6. The number of benzene rings is 1. The van der Waals surface area contributed by atoms with Crippen LogP contribution in [0.15, 0.2) is 18.2 Å². The highest BCUT2D eigenvalue weighted by Gasteiger charge is 2.40. The molecule has 0 radical (unpaired) electrons. The van der Waals surface area contributed by atoms with E-state index in [-0.39, 0.29) is 48.6 Å². The van der Waals surface area contributed by atoms with Crippen LogP contribution in [0.5, 0.6) is 0 Å². The molecule has 0 spiro atoms. The summed E-state index contributed by atoms with van der Waals surface area (Å²) in [6.07, 6.45) is 4.06. The molecule has 3 N–H and O–H groups in total. The summed E-state index contributed by atoms with van der Waals surface area (Å²) in [5, 5.41) is 7.59. The number of alkyl carbamates (subject to hydrolysis) is 1. The van der Waals surface area contributed by atoms with Crippen LogP contribution in [0.25, 0.3) is 0 Å². The Morgan fingerprint density at radius 2 is 1.59 bits per heavy atom. The number of rotatable bonds is 7. The Labute approximate surface area is 198 Å². The molecule has 10 heteroatoms. The second-order valence-corrected chi connectivity index (χ2v) is 9.49. The predicted molar refractivity (Wildman–Crippen MR) is 123 cm³/mol. The molecule has 1 fully saturated rings. The average Bonchev–Trinajstić information content (AvgIpc) is 3.04. The number of carbonyl (C=O) groups is 5. The third kappa shape index (κ3) is 6.33. The van der Waals surface area contributed by atoms with Crippen molar-refractivity contribution in [2.24, 2.45) is 0 Å². The molecule has 2 aliphatic rings. The SMILES string of the molecule is CC(C)(C)OC(=O)NCC(=O)NCCNC(=O)c1ccc2c(c1)C(=O)N(C1CCCCC1)C2=O. The van der Waals surface area contributed by atoms with Gasteiger partial charge in [-0.2, -0.15) is 0 Å². The van der Waals surface area contributed by atoms with E-state index in [2.05, 4.69) is 16.0 Å². The average molecular weight is 473 g/mol. The lowest BCUT2D eigenvalue weighted by atomic mass is 9.94. The molecule has 1 heterocycles. The summed E-state index contributed by atoms with van der Waals surface area (Å²) in [7, 11) is 0. The van der Waals surface area contributed by atoms with E-state index in [1.54, 1.807) is 20.8 Å². The van der Waals surface area contributed by atoms with Gasteiger partial charge in [0.05, 0.1) is 17.7 Å². The monoisotopic (exact) mass is 472 g/mol. The number of imide groups is 1. The molecular weight excluding hydrogens is 440 g/mol. The molecule has 0 atom stereocenters. The van der Waals surface area contributed by atoms with Gasteiger partial charge in [-0.1, -0.05) is 19.3 Å². The van der Waals surface area contributed by atoms with E-state index in [9.17, 15) is 24.0 Å². The lowest BCUT2D eigenvalue weighted by molar-refractivity contribution is -0.120. The summed E-state index contributed by atoms with van der Waals surface area (Å²) in [4.78, 5) is 62.9. The van der Waals surface area contributed by atoms with Gasteiger partial charge >= 0.3 is 6.09 Å². The molecular formula is C24H32N4O6. The minimum atomic E-state index is -0.692. The summed E-state index contributed by atoms with van der Waals surface area (Å²) < 4.78 is 5.05. The zero-order valence-electron chi connectivity index (χ0n) is 19.9. The topological polar surface area (TPSA) is 134 Å². The smallest absolute Gasteiger partial charge is 0.408 e. The van der Waals surface area contributed by atoms with Crippen LogP contribution >= 0.6 is 0 Å². The second kappa shape index (κ2) is 10.7. The zero-order chi connectivity index (χ0) is 24.9. The molecule has 1 aromatic carbocycles. The molecule has 0 bridgehead atoms. The summed E-state index contributed by atoms with van der Waals surface area (Å²) in [5.74, 6) is -1.47. The van der Waals surface area contributed by atoms with Crippen LogP contribution < -0.4 is 16.0 Å². The van der Waals surface area contributed by atoms with Crippen LogP contribution in [0, 0.1) is 0 Å². The van der Waals surface area contributed by atoms with Gasteiger partial charge in [-0.15, -0.1) is 0 Å². The quantitative estimate of drug-likeness (QED) is 0.410. The zero-order valence-corrected chi connectivity index (χ0v) is 19.9. The molecule has 0 saturated heterocycles. The molecule has 184 valence electrons. The van der Waals surface area contributed by atoms with Gasteiger partial charge in [0, 0.05) is 24.7 Å². The largest absolute Gasteiger partial charge is 0.444 e. The highest BCUT2D eigenvalue weighted by Crippen LogP contribution is 2.31. The number of hydrogen-bond acceptors (Lipinski definition) is 6. The van der Waals surface area contributed by atoms with E-state index in [4.69, 9.17) is 4.74 Å². The van der Waals surface area contributed by atoms with Crippen molar-refractivity contribution in [2.75, 3.05) is 19.6 Å². The van der Waals surface area contributed by atoms with Crippen LogP contribution in [0.1, 0.15) is 83.9 Å². The van der Waals surface area contributed by atoms with Crippen LogP contribution in [0.2, 0.25) is 0 Å². The highest BCUT2D eigenvalue weighted by atomic mass is 16.6. The molecule has 10 nitrogen and oxygen atoms in total. The van der Waals surface area contributed by atoms with Crippen LogP contribution in [-0.4, -0.2) is 65.9 Å². The Bertz CT molecular complexity index is 978. The summed E-state index contributed by atoms with van der Waals surface area (Å²) in [6, 6.07) is 4.42. The Hall–Kier alpha value is -3.43. The molecule has 1 aliphatic carbocycles. The number of nitrogens with one attached hydrogen (secondary N) is 3. The molecule has 1 aromatic rings. The Morgan fingerprint density at radius 1 is 0.941 bits per heavy atom. The number of carbonyl (C=O) groups excluding carboxylic acids is 5. The molecule has 0 aromatic heterocycles. The fourth-order valence-corrected chi connectivity index (χ4v) is 4.08. The maximum absolute atomic E-state index is 12.9. The first-order valence-corrected chi connectivity index (χ1v) is 11.6. The van der Waals surface area contributed by atoms with Crippen molar-refractivity contribution in [1.82, 2.24) is 20.9 Å². The van der Waals surface area contributed by atoms with Crippen molar-refractivity contribution in [3.05, 3.63) is 34.9 Å². The Morgan fingerprint density at radius 3 is 2.26 bits per heavy atom. The fraction of sp³-hybridized carbons (Fsp3) is 0.542. The van der Waals surface area contributed by atoms with Crippen molar-refractivity contribution in [3.63, 3.8) is 0 Å². The predicted octanol–water partition coefficient (Wildman–Crippen LogP) is 1.99. The normalized spacial score (nSPS) is 16.1. The van der Waals surface area contributed by atoms with E-state index in [0.29, 0.717) is 5.56 Å². The molecule has 34 heavy (non-hydrogen) atoms.